The summed E-state index contributed by atoms with van der Waals surface area (Å²) in [5.41, 5.74) is 1.27. The molecule has 1 aromatic carbocycles. The average molecular weight is 316 g/mol. The first-order chi connectivity index (χ1) is 9.10. The third kappa shape index (κ3) is 3.69. The third-order valence-corrected chi connectivity index (χ3v) is 3.83. The Bertz CT molecular complexity index is 598. The lowest BCUT2D eigenvalue weighted by molar-refractivity contribution is 0.0520. The molecule has 0 aliphatic rings. The Morgan fingerprint density at radius 1 is 1.42 bits per heavy atom. The van der Waals surface area contributed by atoms with Crippen molar-refractivity contribution in [2.24, 2.45) is 0 Å². The van der Waals surface area contributed by atoms with E-state index in [4.69, 9.17) is 27.9 Å². The first-order valence-electron chi connectivity index (χ1n) is 5.65. The van der Waals surface area contributed by atoms with Gasteiger partial charge in [0, 0.05) is 21.8 Å². The molecule has 6 heteroatoms. The van der Waals surface area contributed by atoms with Crippen molar-refractivity contribution in [3.05, 3.63) is 49.9 Å². The summed E-state index contributed by atoms with van der Waals surface area (Å²) in [6.07, 6.45) is 0.570. The van der Waals surface area contributed by atoms with Crippen LogP contribution in [0.15, 0.2) is 23.6 Å². The van der Waals surface area contributed by atoms with E-state index in [0.29, 0.717) is 28.8 Å². The minimum Gasteiger partial charge on any atom is -0.461 e. The third-order valence-electron chi connectivity index (χ3n) is 2.39. The van der Waals surface area contributed by atoms with E-state index >= 15 is 0 Å². The van der Waals surface area contributed by atoms with Crippen molar-refractivity contribution in [2.75, 3.05) is 6.61 Å². The molecule has 0 bridgehead atoms. The Morgan fingerprint density at radius 3 is 2.89 bits per heavy atom. The first kappa shape index (κ1) is 14.3. The minimum absolute atomic E-state index is 0.340. The highest BCUT2D eigenvalue weighted by molar-refractivity contribution is 7.09. The van der Waals surface area contributed by atoms with E-state index in [1.54, 1.807) is 24.4 Å². The lowest BCUT2D eigenvalue weighted by Gasteiger charge is -2.02. The van der Waals surface area contributed by atoms with Gasteiger partial charge < -0.3 is 4.74 Å². The second-order valence-electron chi connectivity index (χ2n) is 3.76. The number of halogens is 2. The van der Waals surface area contributed by atoms with Crippen LogP contribution in [0.3, 0.4) is 0 Å². The van der Waals surface area contributed by atoms with Gasteiger partial charge in [-0.2, -0.15) is 0 Å². The lowest BCUT2D eigenvalue weighted by atomic mass is 10.1. The number of nitrogens with zero attached hydrogens (tertiary/aromatic N) is 1. The predicted molar refractivity (Wildman–Crippen MR) is 77.3 cm³/mol. The molecule has 19 heavy (non-hydrogen) atoms. The van der Waals surface area contributed by atoms with Crippen LogP contribution in [0.4, 0.5) is 0 Å². The number of hydrogen-bond donors (Lipinski definition) is 0. The molecule has 1 aromatic heterocycles. The van der Waals surface area contributed by atoms with Gasteiger partial charge in [0.25, 0.3) is 0 Å². The number of aromatic nitrogens is 1. The van der Waals surface area contributed by atoms with Crippen LogP contribution < -0.4 is 0 Å². The molecule has 0 radical (unpaired) electrons. The number of thiazole rings is 1. The second-order valence-corrected chi connectivity index (χ2v) is 5.55. The molecular weight excluding hydrogens is 305 g/mol. The second kappa shape index (κ2) is 6.37. The Labute approximate surface area is 125 Å². The molecule has 0 saturated carbocycles. The first-order valence-corrected chi connectivity index (χ1v) is 7.29. The van der Waals surface area contributed by atoms with Gasteiger partial charge in [0.2, 0.25) is 0 Å². The SMILES string of the molecule is CCOC(=O)c1csc(Cc2ccc(Cl)cc2Cl)n1. The quantitative estimate of drug-likeness (QED) is 0.793. The van der Waals surface area contributed by atoms with Gasteiger partial charge in [-0.15, -0.1) is 11.3 Å². The smallest absolute Gasteiger partial charge is 0.357 e. The number of carbonyl (C=O) groups excluding carboxylic acids is 1. The highest BCUT2D eigenvalue weighted by Crippen LogP contribution is 2.24. The monoisotopic (exact) mass is 315 g/mol. The maximum Gasteiger partial charge on any atom is 0.357 e. The number of ether oxygens (including phenoxy) is 1. The van der Waals surface area contributed by atoms with Gasteiger partial charge in [0.1, 0.15) is 0 Å². The molecule has 0 saturated heterocycles. The van der Waals surface area contributed by atoms with Crippen molar-refractivity contribution in [3.8, 4) is 0 Å². The van der Waals surface area contributed by atoms with Crippen LogP contribution >= 0.6 is 34.5 Å². The summed E-state index contributed by atoms with van der Waals surface area (Å²) in [4.78, 5) is 15.7. The lowest BCUT2D eigenvalue weighted by Crippen LogP contribution is -2.05. The van der Waals surface area contributed by atoms with E-state index in [2.05, 4.69) is 4.98 Å². The van der Waals surface area contributed by atoms with Gasteiger partial charge in [-0.25, -0.2) is 9.78 Å². The van der Waals surface area contributed by atoms with Crippen molar-refractivity contribution in [2.45, 2.75) is 13.3 Å². The van der Waals surface area contributed by atoms with Crippen LogP contribution in [0, 0.1) is 0 Å². The molecule has 0 aliphatic heterocycles. The van der Waals surface area contributed by atoms with Crippen LogP contribution in [-0.2, 0) is 11.2 Å². The molecule has 0 unspecified atom stereocenters. The largest absolute Gasteiger partial charge is 0.461 e. The number of carbonyl (C=O) groups is 1. The molecule has 0 N–H and O–H groups in total. The Hall–Kier alpha value is -1.10. The van der Waals surface area contributed by atoms with Crippen molar-refractivity contribution >= 4 is 40.5 Å². The van der Waals surface area contributed by atoms with Crippen molar-refractivity contribution in [1.29, 1.82) is 0 Å². The molecule has 0 aliphatic carbocycles. The Kier molecular flexibility index (Phi) is 4.80. The van der Waals surface area contributed by atoms with E-state index in [1.807, 2.05) is 6.07 Å². The predicted octanol–water partition coefficient (Wildman–Crippen LogP) is 4.22. The summed E-state index contributed by atoms with van der Waals surface area (Å²) in [7, 11) is 0. The minimum atomic E-state index is -0.396. The number of esters is 1. The summed E-state index contributed by atoms with van der Waals surface area (Å²) in [5.74, 6) is -0.396. The van der Waals surface area contributed by atoms with Gasteiger partial charge in [0.15, 0.2) is 5.69 Å². The fourth-order valence-corrected chi connectivity index (χ4v) is 2.78. The van der Waals surface area contributed by atoms with Crippen LogP contribution in [-0.4, -0.2) is 17.6 Å². The van der Waals surface area contributed by atoms with E-state index < -0.39 is 5.97 Å². The van der Waals surface area contributed by atoms with Gasteiger partial charge in [-0.05, 0) is 24.6 Å². The maximum atomic E-state index is 11.5. The van der Waals surface area contributed by atoms with Gasteiger partial charge in [-0.3, -0.25) is 0 Å². The van der Waals surface area contributed by atoms with Crippen LogP contribution in [0.5, 0.6) is 0 Å². The molecule has 1 heterocycles. The van der Waals surface area contributed by atoms with E-state index in [9.17, 15) is 4.79 Å². The maximum absolute atomic E-state index is 11.5. The normalized spacial score (nSPS) is 10.5. The van der Waals surface area contributed by atoms with Gasteiger partial charge >= 0.3 is 5.97 Å². The van der Waals surface area contributed by atoms with Crippen molar-refractivity contribution in [3.63, 3.8) is 0 Å². The topological polar surface area (TPSA) is 39.2 Å². The van der Waals surface area contributed by atoms with Gasteiger partial charge in [-0.1, -0.05) is 29.3 Å². The van der Waals surface area contributed by atoms with Crippen molar-refractivity contribution in [1.82, 2.24) is 4.98 Å². The number of rotatable bonds is 4. The molecule has 0 amide bonds. The van der Waals surface area contributed by atoms with E-state index in [0.717, 1.165) is 10.6 Å². The van der Waals surface area contributed by atoms with Crippen LogP contribution in [0.2, 0.25) is 10.0 Å². The molecule has 100 valence electrons. The van der Waals surface area contributed by atoms with Crippen LogP contribution in [0.1, 0.15) is 28.0 Å². The zero-order chi connectivity index (χ0) is 13.8. The Balaban J connectivity index is 2.13. The number of benzene rings is 1. The fourth-order valence-electron chi connectivity index (χ4n) is 1.52. The fraction of sp³-hybridized carbons (Fsp3) is 0.231. The molecule has 2 rings (SSSR count). The highest BCUT2D eigenvalue weighted by atomic mass is 35.5. The number of hydrogen-bond acceptors (Lipinski definition) is 4. The molecule has 0 atom stereocenters. The molecule has 0 fully saturated rings. The zero-order valence-corrected chi connectivity index (χ0v) is 12.5. The van der Waals surface area contributed by atoms with Crippen molar-refractivity contribution < 1.29 is 9.53 Å². The summed E-state index contributed by atoms with van der Waals surface area (Å²) in [6.45, 7) is 2.10. The standard InChI is InChI=1S/C13H11Cl2NO2S/c1-2-18-13(17)11-7-19-12(16-11)5-8-3-4-9(14)6-10(8)15/h3-4,6-7H,2,5H2,1H3. The zero-order valence-electron chi connectivity index (χ0n) is 10.2. The van der Waals surface area contributed by atoms with E-state index in [1.165, 1.54) is 11.3 Å². The molecule has 0 spiro atoms. The summed E-state index contributed by atoms with van der Waals surface area (Å²) < 4.78 is 4.89. The summed E-state index contributed by atoms with van der Waals surface area (Å²) in [6, 6.07) is 5.33. The highest BCUT2D eigenvalue weighted by Gasteiger charge is 2.12. The molecule has 3 nitrogen and oxygen atoms in total. The summed E-state index contributed by atoms with van der Waals surface area (Å²) >= 11 is 13.3. The van der Waals surface area contributed by atoms with Gasteiger partial charge in [0.05, 0.1) is 11.6 Å². The van der Waals surface area contributed by atoms with E-state index in [-0.39, 0.29) is 0 Å². The Morgan fingerprint density at radius 2 is 2.21 bits per heavy atom. The molecule has 2 aromatic rings. The average Bonchev–Trinajstić information content (AvgIpc) is 2.82. The molecular formula is C13H11Cl2NO2S. The van der Waals surface area contributed by atoms with Crippen LogP contribution in [0.25, 0.3) is 0 Å². The summed E-state index contributed by atoms with van der Waals surface area (Å²) in [5, 5.41) is 3.70.